The van der Waals surface area contributed by atoms with Crippen molar-refractivity contribution in [2.24, 2.45) is 0 Å². The molecule has 5 heteroatoms. The summed E-state index contributed by atoms with van der Waals surface area (Å²) < 4.78 is 43.7. The molecule has 0 spiro atoms. The van der Waals surface area contributed by atoms with Gasteiger partial charge >= 0.3 is 0 Å². The van der Waals surface area contributed by atoms with Crippen LogP contribution < -0.4 is 4.74 Å². The maximum atomic E-state index is 13.1. The molecule has 0 saturated carbocycles. The van der Waals surface area contributed by atoms with E-state index in [0.717, 1.165) is 12.1 Å². The van der Waals surface area contributed by atoms with Gasteiger partial charge in [-0.25, -0.2) is 13.8 Å². The van der Waals surface area contributed by atoms with Crippen LogP contribution in [0.25, 0.3) is 0 Å². The van der Waals surface area contributed by atoms with Gasteiger partial charge in [0.15, 0.2) is 17.4 Å². The van der Waals surface area contributed by atoms with E-state index in [9.17, 15) is 13.2 Å². The number of hydrogen-bond donors (Lipinski definition) is 0. The Balaban J connectivity index is 2.08. The topological polar surface area (TPSA) is 22.1 Å². The molecule has 0 aliphatic heterocycles. The van der Waals surface area contributed by atoms with Crippen molar-refractivity contribution in [1.82, 2.24) is 4.98 Å². The molecule has 0 radical (unpaired) electrons. The van der Waals surface area contributed by atoms with Crippen LogP contribution in [0.15, 0.2) is 36.5 Å². The Labute approximate surface area is 95.7 Å². The van der Waals surface area contributed by atoms with Crippen LogP contribution in [0.5, 0.6) is 5.75 Å². The number of ether oxygens (including phenoxy) is 1. The zero-order chi connectivity index (χ0) is 12.3. The predicted octanol–water partition coefficient (Wildman–Crippen LogP) is 3.08. The van der Waals surface area contributed by atoms with Gasteiger partial charge in [-0.1, -0.05) is 6.07 Å². The van der Waals surface area contributed by atoms with E-state index in [1.807, 2.05) is 0 Å². The van der Waals surface area contributed by atoms with Crippen molar-refractivity contribution >= 4 is 0 Å². The van der Waals surface area contributed by atoms with E-state index >= 15 is 0 Å². The van der Waals surface area contributed by atoms with Gasteiger partial charge in [-0.05, 0) is 29.8 Å². The Morgan fingerprint density at radius 3 is 2.59 bits per heavy atom. The summed E-state index contributed by atoms with van der Waals surface area (Å²) >= 11 is 0. The quantitative estimate of drug-likeness (QED) is 0.768. The second-order valence-electron chi connectivity index (χ2n) is 3.33. The fourth-order valence-corrected chi connectivity index (χ4v) is 1.27. The molecule has 1 aromatic heterocycles. The van der Waals surface area contributed by atoms with Crippen molar-refractivity contribution in [2.45, 2.75) is 6.61 Å². The van der Waals surface area contributed by atoms with E-state index < -0.39 is 17.6 Å². The number of nitrogens with zero attached hydrogens (tertiary/aromatic N) is 1. The lowest BCUT2D eigenvalue weighted by Crippen LogP contribution is -1.99. The van der Waals surface area contributed by atoms with E-state index in [2.05, 4.69) is 4.98 Å². The van der Waals surface area contributed by atoms with Gasteiger partial charge in [0.25, 0.3) is 5.95 Å². The van der Waals surface area contributed by atoms with Crippen molar-refractivity contribution < 1.29 is 17.9 Å². The van der Waals surface area contributed by atoms with E-state index in [0.29, 0.717) is 5.56 Å². The van der Waals surface area contributed by atoms with Gasteiger partial charge in [-0.3, -0.25) is 0 Å². The minimum atomic E-state index is -0.960. The van der Waals surface area contributed by atoms with Crippen molar-refractivity contribution in [1.29, 1.82) is 0 Å². The third-order valence-electron chi connectivity index (χ3n) is 2.10. The zero-order valence-corrected chi connectivity index (χ0v) is 8.66. The highest BCUT2D eigenvalue weighted by atomic mass is 19.2. The maximum Gasteiger partial charge on any atom is 0.255 e. The number of hydrogen-bond acceptors (Lipinski definition) is 2. The average molecular weight is 239 g/mol. The highest BCUT2D eigenvalue weighted by molar-refractivity contribution is 5.21. The average Bonchev–Trinajstić information content (AvgIpc) is 2.32. The lowest BCUT2D eigenvalue weighted by atomic mass is 10.2. The van der Waals surface area contributed by atoms with Crippen LogP contribution in [0.2, 0.25) is 0 Å². The van der Waals surface area contributed by atoms with Gasteiger partial charge < -0.3 is 4.74 Å². The molecule has 0 unspecified atom stereocenters. The highest BCUT2D eigenvalue weighted by Crippen LogP contribution is 2.16. The molecular weight excluding hydrogens is 231 g/mol. The molecule has 2 aromatic rings. The Bertz CT molecular complexity index is 531. The molecule has 17 heavy (non-hydrogen) atoms. The van der Waals surface area contributed by atoms with Crippen LogP contribution >= 0.6 is 0 Å². The fraction of sp³-hybridized carbons (Fsp3) is 0.0833. The summed E-state index contributed by atoms with van der Waals surface area (Å²) in [4.78, 5) is 3.40. The summed E-state index contributed by atoms with van der Waals surface area (Å²) in [6, 6.07) is 6.29. The summed E-state index contributed by atoms with van der Waals surface area (Å²) in [6.45, 7) is -0.0557. The van der Waals surface area contributed by atoms with E-state index in [1.54, 1.807) is 0 Å². The molecule has 88 valence electrons. The van der Waals surface area contributed by atoms with E-state index in [1.165, 1.54) is 24.4 Å². The zero-order valence-electron chi connectivity index (χ0n) is 8.66. The van der Waals surface area contributed by atoms with Crippen molar-refractivity contribution in [2.75, 3.05) is 0 Å². The molecule has 0 fully saturated rings. The van der Waals surface area contributed by atoms with Crippen LogP contribution in [0.3, 0.4) is 0 Å². The van der Waals surface area contributed by atoms with Gasteiger partial charge in [0.2, 0.25) is 0 Å². The number of halogens is 3. The minimum absolute atomic E-state index is 0.0303. The first-order chi connectivity index (χ1) is 8.16. The second-order valence-corrected chi connectivity index (χ2v) is 3.33. The van der Waals surface area contributed by atoms with Gasteiger partial charge in [0.1, 0.15) is 6.61 Å². The summed E-state index contributed by atoms with van der Waals surface area (Å²) in [5, 5.41) is 0. The second kappa shape index (κ2) is 4.86. The third kappa shape index (κ3) is 2.75. The Morgan fingerprint density at radius 1 is 1.06 bits per heavy atom. The maximum absolute atomic E-state index is 13.1. The van der Waals surface area contributed by atoms with Crippen LogP contribution in [-0.4, -0.2) is 4.98 Å². The number of rotatable bonds is 3. The number of aromatic nitrogens is 1. The number of benzene rings is 1. The molecule has 2 rings (SSSR count). The molecule has 0 saturated heterocycles. The summed E-state index contributed by atoms with van der Waals surface area (Å²) in [7, 11) is 0. The molecular formula is C12H8F3NO. The monoisotopic (exact) mass is 239 g/mol. The van der Waals surface area contributed by atoms with Gasteiger partial charge in [0, 0.05) is 6.20 Å². The van der Waals surface area contributed by atoms with E-state index in [4.69, 9.17) is 4.74 Å². The highest BCUT2D eigenvalue weighted by Gasteiger charge is 2.06. The first-order valence-corrected chi connectivity index (χ1v) is 4.84. The number of pyridine rings is 1. The molecule has 0 bridgehead atoms. The van der Waals surface area contributed by atoms with E-state index in [-0.39, 0.29) is 12.4 Å². The molecule has 1 aromatic carbocycles. The van der Waals surface area contributed by atoms with Crippen LogP contribution in [0.1, 0.15) is 5.56 Å². The Morgan fingerprint density at radius 2 is 1.88 bits per heavy atom. The van der Waals surface area contributed by atoms with Crippen LogP contribution in [-0.2, 0) is 6.61 Å². The summed E-state index contributed by atoms with van der Waals surface area (Å²) in [5.41, 5.74) is 0.409. The normalized spacial score (nSPS) is 10.3. The molecule has 1 heterocycles. The molecule has 0 N–H and O–H groups in total. The molecule has 0 atom stereocenters. The fourth-order valence-electron chi connectivity index (χ4n) is 1.27. The van der Waals surface area contributed by atoms with Crippen molar-refractivity contribution in [3.8, 4) is 5.75 Å². The Hall–Kier alpha value is -2.04. The SMILES string of the molecule is Fc1ccc(COc2cccnc2F)cc1F. The Kier molecular flexibility index (Phi) is 3.27. The molecule has 0 aliphatic rings. The first kappa shape index (κ1) is 11.4. The molecule has 0 amide bonds. The van der Waals surface area contributed by atoms with Gasteiger partial charge in [-0.2, -0.15) is 4.39 Å². The standard InChI is InChI=1S/C12H8F3NO/c13-9-4-3-8(6-10(9)14)7-17-11-2-1-5-16-12(11)15/h1-6H,7H2. The lowest BCUT2D eigenvalue weighted by molar-refractivity contribution is 0.285. The lowest BCUT2D eigenvalue weighted by Gasteiger charge is -2.06. The minimum Gasteiger partial charge on any atom is -0.484 e. The molecule has 2 nitrogen and oxygen atoms in total. The third-order valence-corrected chi connectivity index (χ3v) is 2.10. The van der Waals surface area contributed by atoms with Crippen LogP contribution in [0, 0.1) is 17.6 Å². The van der Waals surface area contributed by atoms with Gasteiger partial charge in [0.05, 0.1) is 0 Å². The summed E-state index contributed by atoms with van der Waals surface area (Å²) in [5.74, 6) is -2.66. The largest absolute Gasteiger partial charge is 0.484 e. The van der Waals surface area contributed by atoms with Crippen molar-refractivity contribution in [3.63, 3.8) is 0 Å². The predicted molar refractivity (Wildman–Crippen MR) is 54.9 cm³/mol. The van der Waals surface area contributed by atoms with Crippen molar-refractivity contribution in [3.05, 3.63) is 59.7 Å². The summed E-state index contributed by atoms with van der Waals surface area (Å²) in [6.07, 6.45) is 1.29. The molecule has 0 aliphatic carbocycles. The first-order valence-electron chi connectivity index (χ1n) is 4.84. The van der Waals surface area contributed by atoms with Crippen LogP contribution in [0.4, 0.5) is 13.2 Å². The smallest absolute Gasteiger partial charge is 0.255 e. The van der Waals surface area contributed by atoms with Gasteiger partial charge in [-0.15, -0.1) is 0 Å².